The summed E-state index contributed by atoms with van der Waals surface area (Å²) in [6.07, 6.45) is 3.90. The summed E-state index contributed by atoms with van der Waals surface area (Å²) in [6.45, 7) is 0. The van der Waals surface area contributed by atoms with Gasteiger partial charge in [0.05, 0.1) is 10.7 Å². The second kappa shape index (κ2) is 5.10. The number of aromatic nitrogens is 2. The fraction of sp³-hybridized carbons (Fsp3) is 0. The average Bonchev–Trinajstić information content (AvgIpc) is 2.34. The third-order valence-electron chi connectivity index (χ3n) is 2.11. The van der Waals surface area contributed by atoms with Gasteiger partial charge in [0.1, 0.15) is 4.90 Å². The Morgan fingerprint density at radius 2 is 2.05 bits per heavy atom. The van der Waals surface area contributed by atoms with Gasteiger partial charge in [0, 0.05) is 18.1 Å². The second-order valence-electron chi connectivity index (χ2n) is 3.51. The summed E-state index contributed by atoms with van der Waals surface area (Å²) in [7, 11) is -4.13. The molecule has 3 N–H and O–H groups in total. The largest absolute Gasteiger partial charge is 0.399 e. The van der Waals surface area contributed by atoms with Gasteiger partial charge in [0.15, 0.2) is 11.6 Å². The first kappa shape index (κ1) is 13.7. The summed E-state index contributed by atoms with van der Waals surface area (Å²) in [5, 5.41) is 0. The number of halogens is 2. The molecule has 9 heteroatoms. The standard InChI is InChI=1S/C10H8BrFN4O2S/c11-7-3-6(13)4-8(10(7)12)19(17,18)16-9-5-14-1-2-15-9/h1-5H,13H2,(H,15,16). The van der Waals surface area contributed by atoms with Crippen molar-refractivity contribution in [1.82, 2.24) is 9.97 Å². The van der Waals surface area contributed by atoms with Crippen LogP contribution in [0.3, 0.4) is 0 Å². The zero-order valence-electron chi connectivity index (χ0n) is 9.34. The van der Waals surface area contributed by atoms with Gasteiger partial charge in [0.25, 0.3) is 10.0 Å². The normalized spacial score (nSPS) is 11.3. The lowest BCUT2D eigenvalue weighted by atomic mass is 10.3. The molecule has 2 aromatic rings. The molecule has 0 unspecified atom stereocenters. The van der Waals surface area contributed by atoms with E-state index in [9.17, 15) is 12.8 Å². The van der Waals surface area contributed by atoms with Crippen LogP contribution in [0.2, 0.25) is 0 Å². The predicted octanol–water partition coefficient (Wildman–Crippen LogP) is 1.76. The molecule has 0 aliphatic heterocycles. The van der Waals surface area contributed by atoms with Crippen LogP contribution in [0.25, 0.3) is 0 Å². The van der Waals surface area contributed by atoms with Crippen LogP contribution in [0, 0.1) is 5.82 Å². The Balaban J connectivity index is 2.46. The van der Waals surface area contributed by atoms with Gasteiger partial charge in [-0.1, -0.05) is 0 Å². The van der Waals surface area contributed by atoms with Gasteiger partial charge >= 0.3 is 0 Å². The molecule has 0 saturated carbocycles. The molecule has 0 radical (unpaired) electrons. The summed E-state index contributed by atoms with van der Waals surface area (Å²) in [5.74, 6) is -0.939. The molecule has 6 nitrogen and oxygen atoms in total. The van der Waals surface area contributed by atoms with E-state index in [0.717, 1.165) is 6.07 Å². The van der Waals surface area contributed by atoms with Crippen LogP contribution in [0.1, 0.15) is 0 Å². The average molecular weight is 347 g/mol. The maximum atomic E-state index is 13.8. The van der Waals surface area contributed by atoms with E-state index in [4.69, 9.17) is 5.73 Å². The molecule has 19 heavy (non-hydrogen) atoms. The number of benzene rings is 1. The Morgan fingerprint density at radius 3 is 2.68 bits per heavy atom. The first-order chi connectivity index (χ1) is 8.90. The number of sulfonamides is 1. The Kier molecular flexibility index (Phi) is 3.67. The van der Waals surface area contributed by atoms with Gasteiger partial charge < -0.3 is 5.73 Å². The van der Waals surface area contributed by atoms with Gasteiger partial charge in [-0.25, -0.2) is 17.8 Å². The van der Waals surface area contributed by atoms with Crippen LogP contribution in [-0.2, 0) is 10.0 Å². The highest BCUT2D eigenvalue weighted by Crippen LogP contribution is 2.27. The molecule has 2 rings (SSSR count). The molecule has 1 aromatic carbocycles. The molecule has 0 saturated heterocycles. The lowest BCUT2D eigenvalue weighted by molar-refractivity contribution is 0.566. The quantitative estimate of drug-likeness (QED) is 0.825. The molecule has 100 valence electrons. The van der Waals surface area contributed by atoms with Gasteiger partial charge in [0.2, 0.25) is 0 Å². The highest BCUT2D eigenvalue weighted by Gasteiger charge is 2.22. The molecule has 0 spiro atoms. The summed E-state index contributed by atoms with van der Waals surface area (Å²) in [5.41, 5.74) is 5.62. The van der Waals surface area contributed by atoms with Crippen LogP contribution < -0.4 is 10.5 Å². The van der Waals surface area contributed by atoms with Crippen LogP contribution in [0.15, 0.2) is 40.1 Å². The predicted molar refractivity (Wildman–Crippen MR) is 71.4 cm³/mol. The topological polar surface area (TPSA) is 98.0 Å². The molecule has 0 atom stereocenters. The molecule has 0 aliphatic carbocycles. The second-order valence-corrected chi connectivity index (χ2v) is 6.02. The van der Waals surface area contributed by atoms with E-state index in [0.29, 0.717) is 0 Å². The van der Waals surface area contributed by atoms with Gasteiger partial charge in [-0.2, -0.15) is 0 Å². The van der Waals surface area contributed by atoms with E-state index in [2.05, 4.69) is 30.6 Å². The molecule has 0 aliphatic rings. The minimum Gasteiger partial charge on any atom is -0.399 e. The maximum absolute atomic E-state index is 13.8. The summed E-state index contributed by atoms with van der Waals surface area (Å²) in [4.78, 5) is 6.88. The summed E-state index contributed by atoms with van der Waals surface area (Å²) >= 11 is 2.90. The fourth-order valence-electron chi connectivity index (χ4n) is 1.32. The van der Waals surface area contributed by atoms with Crippen molar-refractivity contribution < 1.29 is 12.8 Å². The minimum atomic E-state index is -4.13. The van der Waals surface area contributed by atoms with Gasteiger partial charge in [-0.15, -0.1) is 0 Å². The van der Waals surface area contributed by atoms with Crippen molar-refractivity contribution in [2.75, 3.05) is 10.5 Å². The number of hydrogen-bond acceptors (Lipinski definition) is 5. The lowest BCUT2D eigenvalue weighted by Gasteiger charge is -2.09. The molecule has 0 amide bonds. The first-order valence-electron chi connectivity index (χ1n) is 4.93. The molecule has 0 fully saturated rings. The summed E-state index contributed by atoms with van der Waals surface area (Å²) < 4.78 is 40.0. The highest BCUT2D eigenvalue weighted by atomic mass is 79.9. The number of nitrogens with one attached hydrogen (secondary N) is 1. The number of nitrogens with two attached hydrogens (primary N) is 1. The Hall–Kier alpha value is -1.74. The number of rotatable bonds is 3. The Morgan fingerprint density at radius 1 is 1.32 bits per heavy atom. The van der Waals surface area contributed by atoms with Crippen LogP contribution in [0.5, 0.6) is 0 Å². The van der Waals surface area contributed by atoms with Gasteiger partial charge in [-0.3, -0.25) is 9.71 Å². The minimum absolute atomic E-state index is 0.0135. The van der Waals surface area contributed by atoms with Gasteiger partial charge in [-0.05, 0) is 28.1 Å². The molecular weight excluding hydrogens is 339 g/mol. The van der Waals surface area contributed by atoms with Crippen LogP contribution in [0.4, 0.5) is 15.9 Å². The third kappa shape index (κ3) is 2.99. The number of nitrogens with zero attached hydrogens (tertiary/aromatic N) is 2. The Bertz CT molecular complexity index is 709. The zero-order chi connectivity index (χ0) is 14.0. The smallest absolute Gasteiger partial charge is 0.266 e. The number of nitrogen functional groups attached to an aromatic ring is 1. The number of hydrogen-bond donors (Lipinski definition) is 2. The van der Waals surface area contributed by atoms with E-state index in [1.165, 1.54) is 24.7 Å². The van der Waals surface area contributed by atoms with Crippen molar-refractivity contribution in [3.63, 3.8) is 0 Å². The van der Waals surface area contributed by atoms with Crippen molar-refractivity contribution in [2.45, 2.75) is 4.90 Å². The zero-order valence-corrected chi connectivity index (χ0v) is 11.7. The van der Waals surface area contributed by atoms with Crippen molar-refractivity contribution >= 4 is 37.5 Å². The number of anilines is 2. The molecule has 1 heterocycles. The van der Waals surface area contributed by atoms with Crippen molar-refractivity contribution in [1.29, 1.82) is 0 Å². The van der Waals surface area contributed by atoms with Crippen molar-refractivity contribution in [3.8, 4) is 0 Å². The molecule has 1 aromatic heterocycles. The van der Waals surface area contributed by atoms with E-state index in [1.807, 2.05) is 0 Å². The van der Waals surface area contributed by atoms with E-state index in [-0.39, 0.29) is 16.0 Å². The fourth-order valence-corrected chi connectivity index (χ4v) is 3.06. The molecule has 0 bridgehead atoms. The maximum Gasteiger partial charge on any atom is 0.266 e. The first-order valence-corrected chi connectivity index (χ1v) is 7.21. The van der Waals surface area contributed by atoms with Crippen LogP contribution in [-0.4, -0.2) is 18.4 Å². The van der Waals surface area contributed by atoms with Crippen molar-refractivity contribution in [2.24, 2.45) is 0 Å². The van der Waals surface area contributed by atoms with E-state index < -0.39 is 20.7 Å². The van der Waals surface area contributed by atoms with Crippen molar-refractivity contribution in [3.05, 3.63) is 41.0 Å². The SMILES string of the molecule is Nc1cc(Br)c(F)c(S(=O)(=O)Nc2cnccn2)c1. The monoisotopic (exact) mass is 346 g/mol. The van der Waals surface area contributed by atoms with Crippen LogP contribution >= 0.6 is 15.9 Å². The third-order valence-corrected chi connectivity index (χ3v) is 4.04. The lowest BCUT2D eigenvalue weighted by Crippen LogP contribution is -2.16. The van der Waals surface area contributed by atoms with E-state index in [1.54, 1.807) is 0 Å². The Labute approximate surface area is 117 Å². The molecular formula is C10H8BrFN4O2S. The highest BCUT2D eigenvalue weighted by molar-refractivity contribution is 9.10. The van der Waals surface area contributed by atoms with E-state index >= 15 is 0 Å². The summed E-state index contributed by atoms with van der Waals surface area (Å²) in [6, 6.07) is 2.30.